The van der Waals surface area contributed by atoms with Gasteiger partial charge in [-0.15, -0.1) is 0 Å². The number of benzene rings is 3. The van der Waals surface area contributed by atoms with Gasteiger partial charge in [-0.25, -0.2) is 9.97 Å². The molecular formula is C23H19BrN4. The van der Waals surface area contributed by atoms with Crippen LogP contribution in [0, 0.1) is 0 Å². The van der Waals surface area contributed by atoms with Crippen LogP contribution in [0.15, 0.2) is 77.3 Å². The molecular weight excluding hydrogens is 412 g/mol. The van der Waals surface area contributed by atoms with Gasteiger partial charge in [-0.1, -0.05) is 52.3 Å². The van der Waals surface area contributed by atoms with Crippen LogP contribution in [0.3, 0.4) is 0 Å². The maximum absolute atomic E-state index is 4.87. The quantitative estimate of drug-likeness (QED) is 0.371. The Morgan fingerprint density at radius 1 is 0.714 bits per heavy atom. The second-order valence-corrected chi connectivity index (χ2v) is 7.99. The first-order valence-corrected chi connectivity index (χ1v) is 10.2. The second kappa shape index (κ2) is 7.24. The number of aromatic nitrogens is 4. The molecule has 0 saturated carbocycles. The molecule has 4 nitrogen and oxygen atoms in total. The van der Waals surface area contributed by atoms with Crippen LogP contribution in [-0.4, -0.2) is 19.9 Å². The van der Waals surface area contributed by atoms with Gasteiger partial charge in [0, 0.05) is 16.8 Å². The van der Waals surface area contributed by atoms with E-state index in [-0.39, 0.29) is 5.92 Å². The number of imidazole rings is 2. The molecule has 0 unspecified atom stereocenters. The van der Waals surface area contributed by atoms with Crippen LogP contribution >= 0.6 is 15.9 Å². The van der Waals surface area contributed by atoms with Gasteiger partial charge < -0.3 is 9.97 Å². The molecule has 0 bridgehead atoms. The number of aromatic amines is 2. The number of hydrogen-bond donors (Lipinski definition) is 2. The minimum Gasteiger partial charge on any atom is -0.342 e. The summed E-state index contributed by atoms with van der Waals surface area (Å²) >= 11 is 3.52. The second-order valence-electron chi connectivity index (χ2n) is 7.07. The summed E-state index contributed by atoms with van der Waals surface area (Å²) in [4.78, 5) is 16.6. The van der Waals surface area contributed by atoms with Crippen molar-refractivity contribution in [1.82, 2.24) is 19.9 Å². The molecule has 28 heavy (non-hydrogen) atoms. The van der Waals surface area contributed by atoms with E-state index in [1.54, 1.807) is 0 Å². The largest absolute Gasteiger partial charge is 0.342 e. The van der Waals surface area contributed by atoms with E-state index in [4.69, 9.17) is 9.97 Å². The zero-order chi connectivity index (χ0) is 18.9. The Morgan fingerprint density at radius 3 is 2.04 bits per heavy atom. The Bertz CT molecular complexity index is 1170. The maximum Gasteiger partial charge on any atom is 0.111 e. The van der Waals surface area contributed by atoms with Crippen molar-refractivity contribution >= 4 is 38.0 Å². The van der Waals surface area contributed by atoms with Crippen molar-refractivity contribution in [2.24, 2.45) is 0 Å². The highest BCUT2D eigenvalue weighted by Crippen LogP contribution is 2.26. The topological polar surface area (TPSA) is 57.4 Å². The van der Waals surface area contributed by atoms with Gasteiger partial charge in [-0.05, 0) is 48.4 Å². The average Bonchev–Trinajstić information content (AvgIpc) is 3.32. The molecule has 0 aliphatic carbocycles. The molecule has 0 spiro atoms. The predicted molar refractivity (Wildman–Crippen MR) is 116 cm³/mol. The van der Waals surface area contributed by atoms with Crippen LogP contribution in [0.2, 0.25) is 0 Å². The zero-order valence-corrected chi connectivity index (χ0v) is 16.8. The lowest BCUT2D eigenvalue weighted by molar-refractivity contribution is 0.628. The Hall–Kier alpha value is -2.92. The SMILES string of the molecule is Brc1ccc(C[C@H](Cc2nc3ccccc3[nH]2)c2nc3ccccc3[nH]2)cc1. The van der Waals surface area contributed by atoms with E-state index in [1.807, 2.05) is 36.4 Å². The molecule has 0 aliphatic rings. The molecule has 3 aromatic carbocycles. The summed E-state index contributed by atoms with van der Waals surface area (Å²) in [5.41, 5.74) is 5.43. The van der Waals surface area contributed by atoms with Crippen molar-refractivity contribution in [3.05, 3.63) is 94.5 Å². The first-order valence-electron chi connectivity index (χ1n) is 9.37. The summed E-state index contributed by atoms with van der Waals surface area (Å²) in [6, 6.07) is 24.8. The molecule has 0 amide bonds. The summed E-state index contributed by atoms with van der Waals surface area (Å²) in [6.07, 6.45) is 1.69. The lowest BCUT2D eigenvalue weighted by atomic mass is 9.95. The number of rotatable bonds is 5. The lowest BCUT2D eigenvalue weighted by Crippen LogP contribution is -2.10. The Balaban J connectivity index is 1.51. The van der Waals surface area contributed by atoms with Crippen LogP contribution < -0.4 is 0 Å². The first-order chi connectivity index (χ1) is 13.7. The fraction of sp³-hybridized carbons (Fsp3) is 0.130. The van der Waals surface area contributed by atoms with E-state index >= 15 is 0 Å². The van der Waals surface area contributed by atoms with Gasteiger partial charge in [0.15, 0.2) is 0 Å². The fourth-order valence-corrected chi connectivity index (χ4v) is 3.94. The minimum atomic E-state index is 0.203. The van der Waals surface area contributed by atoms with Gasteiger partial charge in [0.05, 0.1) is 22.1 Å². The fourth-order valence-electron chi connectivity index (χ4n) is 3.67. The van der Waals surface area contributed by atoms with Crippen LogP contribution in [0.1, 0.15) is 23.1 Å². The lowest BCUT2D eigenvalue weighted by Gasteiger charge is -2.14. The monoisotopic (exact) mass is 430 g/mol. The smallest absolute Gasteiger partial charge is 0.111 e. The first kappa shape index (κ1) is 17.2. The molecule has 5 heteroatoms. The average molecular weight is 431 g/mol. The summed E-state index contributed by atoms with van der Waals surface area (Å²) in [5, 5.41) is 0. The van der Waals surface area contributed by atoms with E-state index in [2.05, 4.69) is 62.3 Å². The third-order valence-corrected chi connectivity index (χ3v) is 5.60. The Kier molecular flexibility index (Phi) is 4.45. The third-order valence-electron chi connectivity index (χ3n) is 5.07. The van der Waals surface area contributed by atoms with Gasteiger partial charge >= 0.3 is 0 Å². The standard InChI is InChI=1S/C23H19BrN4/c24-17-11-9-15(10-12-17)13-16(23-27-20-7-3-4-8-21(20)28-23)14-22-25-18-5-1-2-6-19(18)26-22/h1-12,16H,13-14H2,(H,25,26)(H,27,28)/t16-/m1/s1. The third kappa shape index (κ3) is 3.45. The summed E-state index contributed by atoms with van der Waals surface area (Å²) in [6.45, 7) is 0. The number of para-hydroxylation sites is 4. The molecule has 0 saturated heterocycles. The molecule has 0 aliphatic heterocycles. The van der Waals surface area contributed by atoms with E-state index in [1.165, 1.54) is 5.56 Å². The summed E-state index contributed by atoms with van der Waals surface area (Å²) < 4.78 is 1.09. The van der Waals surface area contributed by atoms with Gasteiger partial charge in [0.2, 0.25) is 0 Å². The number of fused-ring (bicyclic) bond motifs is 2. The van der Waals surface area contributed by atoms with Gasteiger partial charge in [-0.2, -0.15) is 0 Å². The number of H-pyrrole nitrogens is 2. The molecule has 2 heterocycles. The van der Waals surface area contributed by atoms with E-state index in [9.17, 15) is 0 Å². The van der Waals surface area contributed by atoms with Crippen LogP contribution in [0.5, 0.6) is 0 Å². The van der Waals surface area contributed by atoms with E-state index < -0.39 is 0 Å². The molecule has 138 valence electrons. The van der Waals surface area contributed by atoms with Crippen molar-refractivity contribution in [2.75, 3.05) is 0 Å². The highest BCUT2D eigenvalue weighted by atomic mass is 79.9. The minimum absolute atomic E-state index is 0.203. The van der Waals surface area contributed by atoms with Gasteiger partial charge in [-0.3, -0.25) is 0 Å². The number of hydrogen-bond acceptors (Lipinski definition) is 2. The predicted octanol–water partition coefficient (Wildman–Crippen LogP) is 5.77. The highest BCUT2D eigenvalue weighted by Gasteiger charge is 2.19. The summed E-state index contributed by atoms with van der Waals surface area (Å²) in [5.74, 6) is 2.20. The Labute approximate surface area is 171 Å². The van der Waals surface area contributed by atoms with Gasteiger partial charge in [0.1, 0.15) is 11.6 Å². The summed E-state index contributed by atoms with van der Waals surface area (Å²) in [7, 11) is 0. The number of halogens is 1. The molecule has 0 radical (unpaired) electrons. The molecule has 0 fully saturated rings. The van der Waals surface area contributed by atoms with E-state index in [0.29, 0.717) is 0 Å². The van der Waals surface area contributed by atoms with Crippen LogP contribution in [-0.2, 0) is 12.8 Å². The molecule has 5 aromatic rings. The van der Waals surface area contributed by atoms with Gasteiger partial charge in [0.25, 0.3) is 0 Å². The zero-order valence-electron chi connectivity index (χ0n) is 15.2. The molecule has 5 rings (SSSR count). The number of nitrogens with zero attached hydrogens (tertiary/aromatic N) is 2. The molecule has 2 aromatic heterocycles. The van der Waals surface area contributed by atoms with Crippen LogP contribution in [0.25, 0.3) is 22.1 Å². The maximum atomic E-state index is 4.87. The highest BCUT2D eigenvalue weighted by molar-refractivity contribution is 9.10. The molecule has 2 N–H and O–H groups in total. The van der Waals surface area contributed by atoms with Crippen molar-refractivity contribution in [2.45, 2.75) is 18.8 Å². The van der Waals surface area contributed by atoms with E-state index in [0.717, 1.165) is 51.0 Å². The Morgan fingerprint density at radius 2 is 1.36 bits per heavy atom. The van der Waals surface area contributed by atoms with Crippen LogP contribution in [0.4, 0.5) is 0 Å². The number of nitrogens with one attached hydrogen (secondary N) is 2. The van der Waals surface area contributed by atoms with Crippen molar-refractivity contribution in [3.63, 3.8) is 0 Å². The van der Waals surface area contributed by atoms with Crippen molar-refractivity contribution < 1.29 is 0 Å². The van der Waals surface area contributed by atoms with Crippen molar-refractivity contribution in [1.29, 1.82) is 0 Å². The normalized spacial score (nSPS) is 12.6. The van der Waals surface area contributed by atoms with Crippen molar-refractivity contribution in [3.8, 4) is 0 Å². The molecule has 1 atom stereocenters.